The normalized spacial score (nSPS) is 11.6. The largest absolute Gasteiger partial charge is 0.361 e. The fourth-order valence-electron chi connectivity index (χ4n) is 2.52. The quantitative estimate of drug-likeness (QED) is 0.337. The number of fused-ring (bicyclic) bond motifs is 1. The lowest BCUT2D eigenvalue weighted by molar-refractivity contribution is -0.120. The number of hydrogen-bond acceptors (Lipinski definition) is 2. The average molecular weight is 341 g/mol. The van der Waals surface area contributed by atoms with Crippen LogP contribution in [0.3, 0.4) is 0 Å². The van der Waals surface area contributed by atoms with Gasteiger partial charge < -0.3 is 20.9 Å². The Kier molecular flexibility index (Phi) is 7.07. The molecule has 1 aromatic heterocycles. The van der Waals surface area contributed by atoms with Crippen LogP contribution in [0.25, 0.3) is 10.9 Å². The maximum Gasteiger partial charge on any atom is 0.242 e. The minimum absolute atomic E-state index is 0.0914. The van der Waals surface area contributed by atoms with E-state index in [0.29, 0.717) is 12.5 Å². The first kappa shape index (κ1) is 18.6. The van der Waals surface area contributed by atoms with Crippen molar-refractivity contribution in [2.45, 2.75) is 26.3 Å². The zero-order valence-corrected chi connectivity index (χ0v) is 14.9. The number of nitrogens with one attached hydrogen (secondary N) is 4. The second-order valence-electron chi connectivity index (χ2n) is 6.09. The van der Waals surface area contributed by atoms with Gasteiger partial charge in [0.15, 0.2) is 5.96 Å². The molecule has 0 aliphatic rings. The first-order valence-electron chi connectivity index (χ1n) is 8.57. The van der Waals surface area contributed by atoms with E-state index in [1.165, 1.54) is 10.9 Å². The highest BCUT2D eigenvalue weighted by molar-refractivity contribution is 5.85. The molecule has 1 heterocycles. The SMILES string of the molecule is C=CCNC(=NCC(=O)NC(C)C)NCCc1c[nH]c2ccccc12. The molecular weight excluding hydrogens is 314 g/mol. The number of amides is 1. The number of aromatic nitrogens is 1. The third kappa shape index (κ3) is 5.99. The maximum absolute atomic E-state index is 11.7. The van der Waals surface area contributed by atoms with Crippen LogP contribution in [-0.2, 0) is 11.2 Å². The van der Waals surface area contributed by atoms with Gasteiger partial charge in [-0.25, -0.2) is 4.99 Å². The molecule has 0 aliphatic carbocycles. The number of carbonyl (C=O) groups excluding carboxylic acids is 1. The van der Waals surface area contributed by atoms with Gasteiger partial charge in [-0.05, 0) is 31.9 Å². The molecule has 0 spiro atoms. The van der Waals surface area contributed by atoms with Gasteiger partial charge in [0.25, 0.3) is 0 Å². The number of aliphatic imine (C=N–C) groups is 1. The highest BCUT2D eigenvalue weighted by Crippen LogP contribution is 2.17. The lowest BCUT2D eigenvalue weighted by atomic mass is 10.1. The molecule has 134 valence electrons. The van der Waals surface area contributed by atoms with Crippen LogP contribution < -0.4 is 16.0 Å². The molecular formula is C19H27N5O. The summed E-state index contributed by atoms with van der Waals surface area (Å²) in [5, 5.41) is 10.5. The van der Waals surface area contributed by atoms with Crippen LogP contribution in [0.4, 0.5) is 0 Å². The van der Waals surface area contributed by atoms with Crippen molar-refractivity contribution in [3.05, 3.63) is 48.7 Å². The number of para-hydroxylation sites is 1. The van der Waals surface area contributed by atoms with E-state index in [9.17, 15) is 4.79 Å². The molecule has 0 aliphatic heterocycles. The average Bonchev–Trinajstić information content (AvgIpc) is 2.99. The van der Waals surface area contributed by atoms with E-state index < -0.39 is 0 Å². The molecule has 0 radical (unpaired) electrons. The van der Waals surface area contributed by atoms with E-state index >= 15 is 0 Å². The van der Waals surface area contributed by atoms with E-state index in [4.69, 9.17) is 0 Å². The highest BCUT2D eigenvalue weighted by atomic mass is 16.1. The van der Waals surface area contributed by atoms with E-state index in [2.05, 4.69) is 44.6 Å². The summed E-state index contributed by atoms with van der Waals surface area (Å²) in [7, 11) is 0. The number of rotatable bonds is 8. The molecule has 0 fully saturated rings. The van der Waals surface area contributed by atoms with Crippen molar-refractivity contribution in [2.75, 3.05) is 19.6 Å². The van der Waals surface area contributed by atoms with Crippen LogP contribution in [0.1, 0.15) is 19.4 Å². The van der Waals surface area contributed by atoms with E-state index in [0.717, 1.165) is 18.5 Å². The molecule has 0 atom stereocenters. The van der Waals surface area contributed by atoms with Crippen LogP contribution in [0.5, 0.6) is 0 Å². The van der Waals surface area contributed by atoms with Gasteiger partial charge in [-0.3, -0.25) is 4.79 Å². The van der Waals surface area contributed by atoms with Crippen molar-refractivity contribution in [3.63, 3.8) is 0 Å². The van der Waals surface area contributed by atoms with Gasteiger partial charge in [0.2, 0.25) is 5.91 Å². The van der Waals surface area contributed by atoms with Crippen molar-refractivity contribution >= 4 is 22.8 Å². The number of carbonyl (C=O) groups is 1. The predicted molar refractivity (Wildman–Crippen MR) is 104 cm³/mol. The number of H-pyrrole nitrogens is 1. The first-order valence-corrected chi connectivity index (χ1v) is 8.57. The molecule has 6 heteroatoms. The Morgan fingerprint density at radius 3 is 2.88 bits per heavy atom. The van der Waals surface area contributed by atoms with Crippen LogP contribution in [-0.4, -0.2) is 42.5 Å². The van der Waals surface area contributed by atoms with Gasteiger partial charge in [-0.1, -0.05) is 24.3 Å². The van der Waals surface area contributed by atoms with Crippen molar-refractivity contribution in [3.8, 4) is 0 Å². The van der Waals surface area contributed by atoms with Gasteiger partial charge in [-0.2, -0.15) is 0 Å². The molecule has 0 bridgehead atoms. The minimum Gasteiger partial charge on any atom is -0.361 e. The summed E-state index contributed by atoms with van der Waals surface area (Å²) in [5.41, 5.74) is 2.39. The lowest BCUT2D eigenvalue weighted by Gasteiger charge is -2.12. The van der Waals surface area contributed by atoms with Gasteiger partial charge >= 0.3 is 0 Å². The van der Waals surface area contributed by atoms with Crippen molar-refractivity contribution in [1.29, 1.82) is 0 Å². The molecule has 1 aromatic carbocycles. The van der Waals surface area contributed by atoms with E-state index in [-0.39, 0.29) is 18.5 Å². The van der Waals surface area contributed by atoms with Crippen molar-refractivity contribution in [1.82, 2.24) is 20.9 Å². The van der Waals surface area contributed by atoms with Gasteiger partial charge in [0, 0.05) is 36.2 Å². The second-order valence-corrected chi connectivity index (χ2v) is 6.09. The molecule has 6 nitrogen and oxygen atoms in total. The van der Waals surface area contributed by atoms with Crippen LogP contribution in [0.15, 0.2) is 48.1 Å². The molecule has 25 heavy (non-hydrogen) atoms. The molecule has 1 amide bonds. The van der Waals surface area contributed by atoms with E-state index in [1.54, 1.807) is 6.08 Å². The maximum atomic E-state index is 11.7. The van der Waals surface area contributed by atoms with Crippen LogP contribution in [0, 0.1) is 0 Å². The van der Waals surface area contributed by atoms with Crippen LogP contribution >= 0.6 is 0 Å². The molecule has 2 aromatic rings. The van der Waals surface area contributed by atoms with Gasteiger partial charge in [0.05, 0.1) is 0 Å². The Morgan fingerprint density at radius 2 is 2.12 bits per heavy atom. The van der Waals surface area contributed by atoms with Crippen molar-refractivity contribution in [2.24, 2.45) is 4.99 Å². The third-order valence-corrected chi connectivity index (χ3v) is 3.61. The van der Waals surface area contributed by atoms with Gasteiger partial charge in [-0.15, -0.1) is 6.58 Å². The Balaban J connectivity index is 1.90. The number of benzene rings is 1. The molecule has 2 rings (SSSR count). The van der Waals surface area contributed by atoms with Gasteiger partial charge in [0.1, 0.15) is 6.54 Å². The fraction of sp³-hybridized carbons (Fsp3) is 0.368. The van der Waals surface area contributed by atoms with E-state index in [1.807, 2.05) is 32.2 Å². The Bertz CT molecular complexity index is 732. The fourth-order valence-corrected chi connectivity index (χ4v) is 2.52. The first-order chi connectivity index (χ1) is 12.1. The lowest BCUT2D eigenvalue weighted by Crippen LogP contribution is -2.40. The highest BCUT2D eigenvalue weighted by Gasteiger charge is 2.05. The monoisotopic (exact) mass is 341 g/mol. The molecule has 0 saturated heterocycles. The third-order valence-electron chi connectivity index (χ3n) is 3.61. The summed E-state index contributed by atoms with van der Waals surface area (Å²) in [6.45, 7) is 8.95. The standard InChI is InChI=1S/C19H27N5O/c1-4-10-20-19(23-13-18(25)24-14(2)3)21-11-9-15-12-22-17-8-6-5-7-16(15)17/h4-8,12,14,22H,1,9-11,13H2,2-3H3,(H,24,25)(H2,20,21,23). The summed E-state index contributed by atoms with van der Waals surface area (Å²) in [6, 6.07) is 8.36. The Hall–Kier alpha value is -2.76. The summed E-state index contributed by atoms with van der Waals surface area (Å²) >= 11 is 0. The number of nitrogens with zero attached hydrogens (tertiary/aromatic N) is 1. The summed E-state index contributed by atoms with van der Waals surface area (Å²) < 4.78 is 0. The number of guanidine groups is 1. The number of aromatic amines is 1. The minimum atomic E-state index is -0.0914. The second kappa shape index (κ2) is 9.52. The summed E-state index contributed by atoms with van der Waals surface area (Å²) in [4.78, 5) is 19.3. The smallest absolute Gasteiger partial charge is 0.242 e. The zero-order chi connectivity index (χ0) is 18.1. The van der Waals surface area contributed by atoms with Crippen molar-refractivity contribution < 1.29 is 4.79 Å². The Morgan fingerprint density at radius 1 is 1.32 bits per heavy atom. The predicted octanol–water partition coefficient (Wildman–Crippen LogP) is 1.96. The van der Waals surface area contributed by atoms with Crippen LogP contribution in [0.2, 0.25) is 0 Å². The summed E-state index contributed by atoms with van der Waals surface area (Å²) in [6.07, 6.45) is 4.65. The summed E-state index contributed by atoms with van der Waals surface area (Å²) in [5.74, 6) is 0.518. The number of hydrogen-bond donors (Lipinski definition) is 4. The molecule has 4 N–H and O–H groups in total. The molecule has 0 unspecified atom stereocenters. The topological polar surface area (TPSA) is 81.3 Å². The zero-order valence-electron chi connectivity index (χ0n) is 14.9. The molecule has 0 saturated carbocycles. The Labute approximate surface area is 148 Å².